The number of hydrogen-bond donors (Lipinski definition) is 2. The van der Waals surface area contributed by atoms with E-state index in [0.717, 1.165) is 36.2 Å². The summed E-state index contributed by atoms with van der Waals surface area (Å²) in [6.07, 6.45) is 21.2. The van der Waals surface area contributed by atoms with E-state index in [1.54, 1.807) is 6.92 Å². The van der Waals surface area contributed by atoms with Crippen molar-refractivity contribution >= 4 is 34.1 Å². The molecule has 1 aliphatic rings. The van der Waals surface area contributed by atoms with Crippen molar-refractivity contribution in [2.24, 2.45) is 0 Å². The molecule has 2 heterocycles. The van der Waals surface area contributed by atoms with Gasteiger partial charge in [0.05, 0.1) is 12.1 Å². The number of rotatable bonds is 22. The molecule has 7 nitrogen and oxygen atoms in total. The molecule has 0 unspecified atom stereocenters. The maximum Gasteiger partial charge on any atom is 0.301 e. The Morgan fingerprint density at radius 1 is 0.667 bits per heavy atom. The summed E-state index contributed by atoms with van der Waals surface area (Å²) in [5.74, 6) is 39.8. The van der Waals surface area contributed by atoms with E-state index in [1.165, 1.54) is 94.8 Å². The minimum absolute atomic E-state index is 0.143. The number of fused-ring (bicyclic) bond motifs is 1. The highest BCUT2D eigenvalue weighted by atomic mass is 32.1. The number of unbranched alkanes of at least 4 members (excludes halogenated alkanes) is 14. The Bertz CT molecular complexity index is 1980. The van der Waals surface area contributed by atoms with Crippen molar-refractivity contribution < 1.29 is 14.4 Å². The summed E-state index contributed by atoms with van der Waals surface area (Å²) in [5, 5.41) is 6.24. The quantitative estimate of drug-likeness (QED) is 0.0941. The second-order valence-electron chi connectivity index (χ2n) is 14.0. The normalized spacial score (nSPS) is 10.4. The molecule has 1 aromatic rings. The van der Waals surface area contributed by atoms with Gasteiger partial charge in [-0.15, -0.1) is 11.3 Å². The van der Waals surface area contributed by atoms with Crippen LogP contribution in [0.15, 0.2) is 0 Å². The molecule has 0 radical (unpaired) electrons. The molecule has 8 heteroatoms. The molecular formula is C49H58N4O3S. The van der Waals surface area contributed by atoms with Crippen LogP contribution in [0.3, 0.4) is 0 Å². The van der Waals surface area contributed by atoms with Gasteiger partial charge in [-0.05, 0) is 135 Å². The van der Waals surface area contributed by atoms with E-state index in [4.69, 9.17) is 0 Å². The van der Waals surface area contributed by atoms with E-state index in [2.05, 4.69) is 117 Å². The lowest BCUT2D eigenvalue weighted by atomic mass is 10.0. The Kier molecular flexibility index (Phi) is 26.5. The third-order valence-corrected chi connectivity index (χ3v) is 10.2. The van der Waals surface area contributed by atoms with Crippen molar-refractivity contribution in [2.75, 3.05) is 39.0 Å². The van der Waals surface area contributed by atoms with Gasteiger partial charge in [-0.3, -0.25) is 14.4 Å². The Balaban J connectivity index is 1.89. The van der Waals surface area contributed by atoms with Crippen molar-refractivity contribution in [1.82, 2.24) is 15.1 Å². The number of nitrogens with zero attached hydrogens (tertiary/aromatic N) is 2. The standard InChI is InChI=1S/C49H58N4O3S/c1-5-7-9-11-13-15-17-19-21-23-25-27-29-31-33-36-45(54)51-49-47(48(56)50-39-35-40-52(3)4)43-38-41-53(42-44(43)57-49)46(55)37-34-32-30-28-26-24-22-20-18-16-14-12-10-8-6-2/h6,8,10,12,14,16,18,20,22,24,26,28,30,32,34-35,37-42H2,1-4H3,(H,50,56)(H,51,54). The summed E-state index contributed by atoms with van der Waals surface area (Å²) in [7, 11) is 3.98. The molecule has 1 aliphatic heterocycles. The van der Waals surface area contributed by atoms with Gasteiger partial charge in [0, 0.05) is 30.3 Å². The van der Waals surface area contributed by atoms with Gasteiger partial charge in [-0.25, -0.2) is 0 Å². The number of anilines is 1. The summed E-state index contributed by atoms with van der Waals surface area (Å²) < 4.78 is 0. The molecule has 0 bridgehead atoms. The van der Waals surface area contributed by atoms with Crippen molar-refractivity contribution in [3.63, 3.8) is 0 Å². The molecule has 0 spiro atoms. The summed E-state index contributed by atoms with van der Waals surface area (Å²) in [4.78, 5) is 44.3. The zero-order valence-electron chi connectivity index (χ0n) is 34.6. The van der Waals surface area contributed by atoms with E-state index in [1.807, 2.05) is 19.0 Å². The highest BCUT2D eigenvalue weighted by molar-refractivity contribution is 7.17. The average Bonchev–Trinajstić information content (AvgIpc) is 3.56. The van der Waals surface area contributed by atoms with Crippen LogP contribution in [0.2, 0.25) is 0 Å². The second-order valence-corrected chi connectivity index (χ2v) is 15.1. The van der Waals surface area contributed by atoms with Crippen LogP contribution >= 0.6 is 11.3 Å². The SMILES string of the molecule is CC#CC#CC#CC#CC#CC#CC#CC#CC(=O)Nc1sc2c(c1C(=O)NCCCN(C)C)CCN(C(=O)CCCCCCCCCCCCCCCCC)C2. The Morgan fingerprint density at radius 2 is 1.16 bits per heavy atom. The molecule has 0 atom stereocenters. The van der Waals surface area contributed by atoms with Crippen molar-refractivity contribution in [3.05, 3.63) is 16.0 Å². The first-order valence-electron chi connectivity index (χ1n) is 20.5. The fourth-order valence-electron chi connectivity index (χ4n) is 6.10. The van der Waals surface area contributed by atoms with Gasteiger partial charge in [0.25, 0.3) is 5.91 Å². The number of amides is 3. The summed E-state index contributed by atoms with van der Waals surface area (Å²) in [5.41, 5.74) is 1.33. The summed E-state index contributed by atoms with van der Waals surface area (Å²) in [6.45, 7) is 6.27. The highest BCUT2D eigenvalue weighted by Crippen LogP contribution is 2.37. The van der Waals surface area contributed by atoms with Crippen LogP contribution in [0.1, 0.15) is 144 Å². The summed E-state index contributed by atoms with van der Waals surface area (Å²) >= 11 is 1.33. The lowest BCUT2D eigenvalue weighted by Gasteiger charge is -2.27. The van der Waals surface area contributed by atoms with Crippen molar-refractivity contribution in [2.45, 2.75) is 136 Å². The van der Waals surface area contributed by atoms with E-state index in [0.29, 0.717) is 43.0 Å². The van der Waals surface area contributed by atoms with Gasteiger partial charge in [-0.2, -0.15) is 0 Å². The van der Waals surface area contributed by atoms with Crippen LogP contribution in [0.4, 0.5) is 5.00 Å². The molecule has 1 aromatic heterocycles. The molecule has 0 aliphatic carbocycles. The lowest BCUT2D eigenvalue weighted by Crippen LogP contribution is -2.36. The second kappa shape index (κ2) is 31.7. The van der Waals surface area contributed by atoms with Gasteiger partial charge in [0.15, 0.2) is 0 Å². The van der Waals surface area contributed by atoms with Crippen molar-refractivity contribution in [1.29, 1.82) is 0 Å². The average molecular weight is 783 g/mol. The predicted molar refractivity (Wildman–Crippen MR) is 235 cm³/mol. The number of carbonyl (C=O) groups is 3. The van der Waals surface area contributed by atoms with Gasteiger partial charge in [0.2, 0.25) is 5.91 Å². The molecule has 57 heavy (non-hydrogen) atoms. The fourth-order valence-corrected chi connectivity index (χ4v) is 7.35. The third kappa shape index (κ3) is 22.6. The number of hydrogen-bond acceptors (Lipinski definition) is 5. The smallest absolute Gasteiger partial charge is 0.301 e. The minimum atomic E-state index is -0.596. The van der Waals surface area contributed by atoms with Crippen LogP contribution in [-0.2, 0) is 22.6 Å². The van der Waals surface area contributed by atoms with Crippen LogP contribution in [0.25, 0.3) is 0 Å². The van der Waals surface area contributed by atoms with Crippen LogP contribution in [-0.4, -0.2) is 61.3 Å². The molecule has 0 saturated carbocycles. The van der Waals surface area contributed by atoms with E-state index >= 15 is 0 Å². The highest BCUT2D eigenvalue weighted by Gasteiger charge is 2.30. The molecule has 298 valence electrons. The van der Waals surface area contributed by atoms with E-state index in [9.17, 15) is 14.4 Å². The first-order chi connectivity index (χ1) is 27.9. The van der Waals surface area contributed by atoms with Crippen molar-refractivity contribution in [3.8, 4) is 94.7 Å². The first-order valence-corrected chi connectivity index (χ1v) is 21.3. The van der Waals surface area contributed by atoms with Crippen LogP contribution in [0.5, 0.6) is 0 Å². The number of thiophene rings is 1. The van der Waals surface area contributed by atoms with E-state index in [-0.39, 0.29) is 11.8 Å². The minimum Gasteiger partial charge on any atom is -0.352 e. The number of nitrogens with one attached hydrogen (secondary N) is 2. The zero-order valence-corrected chi connectivity index (χ0v) is 35.4. The first kappa shape index (κ1) is 47.7. The maximum atomic E-state index is 13.5. The molecule has 2 N–H and O–H groups in total. The Hall–Kier alpha value is -5.45. The van der Waals surface area contributed by atoms with Crippen LogP contribution < -0.4 is 10.6 Å². The molecule has 0 fully saturated rings. The third-order valence-electron chi connectivity index (χ3n) is 9.04. The predicted octanol–water partition coefficient (Wildman–Crippen LogP) is 7.56. The zero-order chi connectivity index (χ0) is 41.2. The number of carbonyl (C=O) groups excluding carboxylic acids is 3. The maximum absolute atomic E-state index is 13.5. The van der Waals surface area contributed by atoms with Gasteiger partial charge in [0.1, 0.15) is 5.00 Å². The molecule has 0 saturated heterocycles. The fraction of sp³-hybridized carbons (Fsp3) is 0.531. The lowest BCUT2D eigenvalue weighted by molar-refractivity contribution is -0.132. The Morgan fingerprint density at radius 3 is 1.67 bits per heavy atom. The topological polar surface area (TPSA) is 81.8 Å². The Labute approximate surface area is 348 Å². The van der Waals surface area contributed by atoms with Gasteiger partial charge < -0.3 is 20.4 Å². The van der Waals surface area contributed by atoms with Gasteiger partial charge in [-0.1, -0.05) is 103 Å². The largest absolute Gasteiger partial charge is 0.352 e. The van der Waals surface area contributed by atoms with Crippen LogP contribution in [0, 0.1) is 94.7 Å². The monoisotopic (exact) mass is 782 g/mol. The molecule has 0 aromatic carbocycles. The van der Waals surface area contributed by atoms with Gasteiger partial charge >= 0.3 is 5.91 Å². The summed E-state index contributed by atoms with van der Waals surface area (Å²) in [6, 6.07) is 0. The molecule has 2 rings (SSSR count). The molecular weight excluding hydrogens is 725 g/mol. The van der Waals surface area contributed by atoms with E-state index < -0.39 is 5.91 Å². The molecule has 3 amide bonds.